The average Bonchev–Trinajstić information content (AvgIpc) is 3.88. The van der Waals surface area contributed by atoms with Crippen LogP contribution in [0.3, 0.4) is 0 Å². The van der Waals surface area contributed by atoms with E-state index in [1.807, 2.05) is 19.9 Å². The summed E-state index contributed by atoms with van der Waals surface area (Å²) in [6, 6.07) is -0.446. The lowest BCUT2D eigenvalue weighted by Crippen LogP contribution is -2.50. The van der Waals surface area contributed by atoms with Crippen LogP contribution in [0.15, 0.2) is 23.5 Å². The number of methoxy groups -OCH3 is 1. The number of allylic oxidation sites excluding steroid dienone is 1. The number of epoxide rings is 2. The zero-order chi connectivity index (χ0) is 31.6. The van der Waals surface area contributed by atoms with E-state index < -0.39 is 29.9 Å². The number of rotatable bonds is 17. The molecule has 1 aliphatic carbocycles. The summed E-state index contributed by atoms with van der Waals surface area (Å²) >= 11 is 0. The SMILES string of the molecule is COC1C(OC(=O)NC(COC(=O)NCCCCCCNC(=O)CN)C(C)C)=CCC2(CO2)C1C1(C)OC1CC=C(C)C. The van der Waals surface area contributed by atoms with Crippen LogP contribution in [0.2, 0.25) is 0 Å². The lowest BCUT2D eigenvalue weighted by Gasteiger charge is -2.38. The van der Waals surface area contributed by atoms with Crippen molar-refractivity contribution in [1.29, 1.82) is 0 Å². The molecule has 6 atom stereocenters. The molecule has 5 N–H and O–H groups in total. The van der Waals surface area contributed by atoms with Crippen LogP contribution in [0, 0.1) is 11.8 Å². The first kappa shape index (κ1) is 34.8. The third kappa shape index (κ3) is 9.92. The van der Waals surface area contributed by atoms with Crippen molar-refractivity contribution in [2.75, 3.05) is 40.0 Å². The van der Waals surface area contributed by atoms with E-state index in [0.717, 1.165) is 32.1 Å². The van der Waals surface area contributed by atoms with Crippen molar-refractivity contribution >= 4 is 18.1 Å². The first-order chi connectivity index (χ1) is 20.5. The summed E-state index contributed by atoms with van der Waals surface area (Å²) in [7, 11) is 1.61. The molecule has 6 unspecified atom stereocenters. The van der Waals surface area contributed by atoms with Gasteiger partial charge in [-0.1, -0.05) is 38.3 Å². The Kier molecular flexibility index (Phi) is 12.9. The Balaban J connectivity index is 1.44. The molecular weight excluding hydrogens is 556 g/mol. The molecule has 1 spiro atoms. The first-order valence-corrected chi connectivity index (χ1v) is 15.5. The van der Waals surface area contributed by atoms with Gasteiger partial charge in [0.2, 0.25) is 5.91 Å². The molecule has 0 bridgehead atoms. The summed E-state index contributed by atoms with van der Waals surface area (Å²) < 4.78 is 29.3. The number of hydrogen-bond acceptors (Lipinski definition) is 9. The van der Waals surface area contributed by atoms with E-state index in [-0.39, 0.29) is 42.6 Å². The quantitative estimate of drug-likeness (QED) is 0.110. The fraction of sp³-hybridized carbons (Fsp3) is 0.774. The molecule has 3 amide bonds. The predicted octanol–water partition coefficient (Wildman–Crippen LogP) is 3.30. The number of amides is 3. The highest BCUT2D eigenvalue weighted by molar-refractivity contribution is 5.77. The summed E-state index contributed by atoms with van der Waals surface area (Å²) in [5.74, 6) is 0.142. The molecule has 12 heteroatoms. The van der Waals surface area contributed by atoms with Gasteiger partial charge in [-0.05, 0) is 52.0 Å². The van der Waals surface area contributed by atoms with Crippen molar-refractivity contribution in [1.82, 2.24) is 16.0 Å². The Morgan fingerprint density at radius 3 is 2.37 bits per heavy atom. The maximum Gasteiger partial charge on any atom is 0.412 e. The maximum absolute atomic E-state index is 13.0. The van der Waals surface area contributed by atoms with E-state index in [9.17, 15) is 14.4 Å². The second-order valence-electron chi connectivity index (χ2n) is 12.5. The number of nitrogens with two attached hydrogens (primary N) is 1. The molecule has 0 aromatic rings. The molecule has 0 saturated carbocycles. The van der Waals surface area contributed by atoms with Crippen molar-refractivity contribution in [3.05, 3.63) is 23.5 Å². The normalized spacial score (nSPS) is 28.0. The molecule has 43 heavy (non-hydrogen) atoms. The first-order valence-electron chi connectivity index (χ1n) is 15.5. The number of carbonyl (C=O) groups is 3. The number of carbonyl (C=O) groups excluding carboxylic acids is 3. The lowest BCUT2D eigenvalue weighted by molar-refractivity contribution is -0.119. The third-order valence-corrected chi connectivity index (χ3v) is 8.50. The monoisotopic (exact) mass is 608 g/mol. The highest BCUT2D eigenvalue weighted by Gasteiger charge is 2.71. The van der Waals surface area contributed by atoms with E-state index in [0.29, 0.717) is 31.9 Å². The van der Waals surface area contributed by atoms with Crippen LogP contribution >= 0.6 is 0 Å². The maximum atomic E-state index is 13.0. The van der Waals surface area contributed by atoms with Crippen LogP contribution in [-0.2, 0) is 28.5 Å². The summed E-state index contributed by atoms with van der Waals surface area (Å²) in [6.07, 6.45) is 7.32. The van der Waals surface area contributed by atoms with Crippen LogP contribution in [0.5, 0.6) is 0 Å². The Hall–Kier alpha value is -2.67. The Morgan fingerprint density at radius 1 is 1.12 bits per heavy atom. The Morgan fingerprint density at radius 2 is 1.79 bits per heavy atom. The Labute approximate surface area is 255 Å². The van der Waals surface area contributed by atoms with E-state index in [2.05, 4.69) is 42.8 Å². The number of nitrogens with one attached hydrogen (secondary N) is 3. The van der Waals surface area contributed by atoms with Gasteiger partial charge in [0.25, 0.3) is 0 Å². The molecule has 244 valence electrons. The summed E-state index contributed by atoms with van der Waals surface area (Å²) in [6.45, 7) is 11.8. The van der Waals surface area contributed by atoms with Crippen LogP contribution < -0.4 is 21.7 Å². The molecule has 0 aromatic carbocycles. The van der Waals surface area contributed by atoms with E-state index >= 15 is 0 Å². The predicted molar refractivity (Wildman–Crippen MR) is 161 cm³/mol. The molecule has 12 nitrogen and oxygen atoms in total. The van der Waals surface area contributed by atoms with Crippen LogP contribution in [0.4, 0.5) is 9.59 Å². The fourth-order valence-electron chi connectivity index (χ4n) is 5.69. The third-order valence-electron chi connectivity index (χ3n) is 8.50. The molecule has 2 heterocycles. The molecule has 2 fully saturated rings. The summed E-state index contributed by atoms with van der Waals surface area (Å²) in [5, 5.41) is 8.32. The van der Waals surface area contributed by atoms with Gasteiger partial charge < -0.3 is 45.4 Å². The molecule has 0 radical (unpaired) electrons. The van der Waals surface area contributed by atoms with Gasteiger partial charge >= 0.3 is 12.2 Å². The topological polar surface area (TPSA) is 166 Å². The number of ether oxygens (including phenoxy) is 5. The highest BCUT2D eigenvalue weighted by Crippen LogP contribution is 2.59. The minimum atomic E-state index is -0.631. The van der Waals surface area contributed by atoms with Crippen molar-refractivity contribution in [2.45, 2.75) is 103 Å². The number of unbranched alkanes of at least 4 members (excludes halogenated alkanes) is 3. The van der Waals surface area contributed by atoms with Gasteiger partial charge in [-0.25, -0.2) is 9.59 Å². The van der Waals surface area contributed by atoms with E-state index in [1.165, 1.54) is 5.57 Å². The highest BCUT2D eigenvalue weighted by atomic mass is 16.6. The molecule has 2 saturated heterocycles. The minimum absolute atomic E-state index is 0.00330. The fourth-order valence-corrected chi connectivity index (χ4v) is 5.69. The van der Waals surface area contributed by atoms with Gasteiger partial charge in [0.15, 0.2) is 0 Å². The van der Waals surface area contributed by atoms with Gasteiger partial charge in [-0.2, -0.15) is 0 Å². The molecule has 3 aliphatic rings. The smallest absolute Gasteiger partial charge is 0.412 e. The molecule has 3 rings (SSSR count). The van der Waals surface area contributed by atoms with Crippen molar-refractivity contribution in [2.24, 2.45) is 17.6 Å². The van der Waals surface area contributed by atoms with E-state index in [4.69, 9.17) is 29.4 Å². The molecule has 0 aromatic heterocycles. The van der Waals surface area contributed by atoms with Crippen LogP contribution in [0.25, 0.3) is 0 Å². The zero-order valence-corrected chi connectivity index (χ0v) is 26.7. The lowest BCUT2D eigenvalue weighted by atomic mass is 9.71. The summed E-state index contributed by atoms with van der Waals surface area (Å²) in [5.41, 5.74) is 5.67. The van der Waals surface area contributed by atoms with Gasteiger partial charge in [0, 0.05) is 26.6 Å². The second-order valence-corrected chi connectivity index (χ2v) is 12.5. The van der Waals surface area contributed by atoms with Gasteiger partial charge in [0.05, 0.1) is 31.2 Å². The zero-order valence-electron chi connectivity index (χ0n) is 26.7. The second kappa shape index (κ2) is 15.9. The standard InChI is InChI=1S/C31H52N4O8/c1-20(2)11-12-24-30(5,43-24)27-26(39-6)23(13-14-31(27)19-41-31)42-29(38)35-22(21(3)4)18-40-28(37)34-16-10-8-7-9-15-33-25(36)17-32/h11,13,21-22,24,26-27H,7-10,12,14-19,32H2,1-6H3,(H,33,36)(H,34,37)(H,35,38). The van der Waals surface area contributed by atoms with Gasteiger partial charge in [0.1, 0.15) is 29.7 Å². The Bertz CT molecular complexity index is 1020. The number of hydrogen-bond donors (Lipinski definition) is 4. The van der Waals surface area contributed by atoms with Crippen LogP contribution in [0.1, 0.15) is 73.1 Å². The van der Waals surface area contributed by atoms with Gasteiger partial charge in [-0.3, -0.25) is 4.79 Å². The largest absolute Gasteiger partial charge is 0.447 e. The van der Waals surface area contributed by atoms with Crippen molar-refractivity contribution in [3.8, 4) is 0 Å². The summed E-state index contributed by atoms with van der Waals surface area (Å²) in [4.78, 5) is 36.3. The molecule has 2 aliphatic heterocycles. The minimum Gasteiger partial charge on any atom is -0.447 e. The van der Waals surface area contributed by atoms with Gasteiger partial charge in [-0.15, -0.1) is 0 Å². The number of alkyl carbamates (subject to hydrolysis) is 2. The van der Waals surface area contributed by atoms with E-state index in [1.54, 1.807) is 7.11 Å². The van der Waals surface area contributed by atoms with Crippen molar-refractivity contribution in [3.63, 3.8) is 0 Å². The molecular formula is C31H52N4O8. The van der Waals surface area contributed by atoms with Crippen LogP contribution in [-0.4, -0.2) is 87.5 Å². The average molecular weight is 609 g/mol. The van der Waals surface area contributed by atoms with Crippen molar-refractivity contribution < 1.29 is 38.1 Å².